The molecule has 0 amide bonds. The lowest BCUT2D eigenvalue weighted by atomic mass is 9.86. The summed E-state index contributed by atoms with van der Waals surface area (Å²) in [7, 11) is -4.29. The maximum Gasteiger partial charge on any atom is 0.419 e. The zero-order chi connectivity index (χ0) is 24.9. The minimum Gasteiger partial charge on any atom is -0.465 e. The van der Waals surface area contributed by atoms with Gasteiger partial charge in [0.15, 0.2) is 17.2 Å². The summed E-state index contributed by atoms with van der Waals surface area (Å²) < 4.78 is 29.4. The topological polar surface area (TPSA) is 80.3 Å². The van der Waals surface area contributed by atoms with Crippen molar-refractivity contribution in [2.24, 2.45) is 0 Å². The molecule has 0 N–H and O–H groups in total. The molecule has 8 heteroatoms. The number of carbonyl (C=O) groups is 1. The Bertz CT molecular complexity index is 923. The third kappa shape index (κ3) is 7.07. The summed E-state index contributed by atoms with van der Waals surface area (Å²) in [6.07, 6.45) is 0. The van der Waals surface area contributed by atoms with E-state index in [1.165, 1.54) is 6.92 Å². The highest BCUT2D eigenvalue weighted by Gasteiger charge is 2.44. The largest absolute Gasteiger partial charge is 0.465 e. The highest BCUT2D eigenvalue weighted by molar-refractivity contribution is 7.55. The van der Waals surface area contributed by atoms with Crippen molar-refractivity contribution in [1.82, 2.24) is 0 Å². The SMILES string of the molecule is CCOC(=O)C(C)P(=O)(OOc1ccccc1C(C)(C)C)OOc1ccccc1C(C)(C)C. The molecular formula is C25H35O7P. The van der Waals surface area contributed by atoms with Gasteiger partial charge in [-0.3, -0.25) is 9.36 Å². The van der Waals surface area contributed by atoms with Crippen LogP contribution in [0.2, 0.25) is 0 Å². The summed E-state index contributed by atoms with van der Waals surface area (Å²) in [6.45, 7) is 15.2. The predicted octanol–water partition coefficient (Wildman–Crippen LogP) is 6.75. The fraction of sp³-hybridized carbons (Fsp3) is 0.480. The molecule has 2 rings (SSSR count). The number of para-hydroxylation sites is 2. The van der Waals surface area contributed by atoms with E-state index in [0.29, 0.717) is 11.5 Å². The molecule has 0 aromatic heterocycles. The molecule has 0 bridgehead atoms. The van der Waals surface area contributed by atoms with Gasteiger partial charge in [0, 0.05) is 11.1 Å². The van der Waals surface area contributed by atoms with Gasteiger partial charge in [0.05, 0.1) is 6.61 Å². The molecule has 0 saturated heterocycles. The summed E-state index contributed by atoms with van der Waals surface area (Å²) in [5, 5.41) is 0. The normalized spacial score (nSPS) is 13.3. The van der Waals surface area contributed by atoms with Gasteiger partial charge in [0.2, 0.25) is 0 Å². The molecule has 182 valence electrons. The number of esters is 1. The Labute approximate surface area is 196 Å². The lowest BCUT2D eigenvalue weighted by Gasteiger charge is -2.25. The molecule has 33 heavy (non-hydrogen) atoms. The van der Waals surface area contributed by atoms with Crippen molar-refractivity contribution >= 4 is 13.6 Å². The van der Waals surface area contributed by atoms with E-state index in [4.69, 9.17) is 23.9 Å². The average Bonchev–Trinajstić information content (AvgIpc) is 2.75. The first-order chi connectivity index (χ1) is 15.3. The Kier molecular flexibility index (Phi) is 8.75. The molecule has 2 aromatic rings. The van der Waals surface area contributed by atoms with E-state index in [-0.39, 0.29) is 17.4 Å². The number of benzene rings is 2. The van der Waals surface area contributed by atoms with Crippen LogP contribution >= 0.6 is 7.60 Å². The van der Waals surface area contributed by atoms with Gasteiger partial charge in [-0.15, -0.1) is 0 Å². The molecule has 1 atom stereocenters. The molecule has 0 saturated carbocycles. The maximum atomic E-state index is 13.7. The van der Waals surface area contributed by atoms with Crippen LogP contribution in [-0.2, 0) is 34.3 Å². The van der Waals surface area contributed by atoms with Gasteiger partial charge in [-0.05, 0) is 36.8 Å². The van der Waals surface area contributed by atoms with E-state index < -0.39 is 19.2 Å². The molecule has 2 aromatic carbocycles. The average molecular weight is 479 g/mol. The van der Waals surface area contributed by atoms with Gasteiger partial charge in [-0.2, -0.15) is 0 Å². The van der Waals surface area contributed by atoms with Crippen molar-refractivity contribution in [2.45, 2.75) is 71.9 Å². The molecular weight excluding hydrogens is 443 g/mol. The van der Waals surface area contributed by atoms with Crippen LogP contribution < -0.4 is 9.78 Å². The second kappa shape index (κ2) is 10.7. The Balaban J connectivity index is 2.34. The molecule has 0 fully saturated rings. The molecule has 0 aliphatic carbocycles. The molecule has 0 spiro atoms. The minimum atomic E-state index is -4.29. The standard InChI is InChI=1S/C25H35O7P/c1-9-28-23(26)18(2)33(27,31-29-21-16-12-10-14-19(21)24(3,4)5)32-30-22-17-13-11-15-20(22)25(6,7)8/h10-18H,9H2,1-8H3. The van der Waals surface area contributed by atoms with Crippen LogP contribution in [0.1, 0.15) is 66.5 Å². The third-order valence-corrected chi connectivity index (χ3v) is 6.68. The van der Waals surface area contributed by atoms with Crippen LogP contribution in [0, 0.1) is 0 Å². The van der Waals surface area contributed by atoms with Crippen molar-refractivity contribution in [1.29, 1.82) is 0 Å². The van der Waals surface area contributed by atoms with Crippen molar-refractivity contribution in [2.75, 3.05) is 6.61 Å². The quantitative estimate of drug-likeness (QED) is 0.171. The third-order valence-electron chi connectivity index (χ3n) is 4.95. The van der Waals surface area contributed by atoms with Gasteiger partial charge < -0.3 is 14.5 Å². The van der Waals surface area contributed by atoms with E-state index in [1.54, 1.807) is 31.2 Å². The highest BCUT2D eigenvalue weighted by Crippen LogP contribution is 2.54. The highest BCUT2D eigenvalue weighted by atomic mass is 31.2. The van der Waals surface area contributed by atoms with E-state index in [2.05, 4.69) is 0 Å². The fourth-order valence-electron chi connectivity index (χ4n) is 3.04. The molecule has 0 heterocycles. The Morgan fingerprint density at radius 3 is 1.58 bits per heavy atom. The van der Waals surface area contributed by atoms with Crippen molar-refractivity contribution in [3.05, 3.63) is 59.7 Å². The second-order valence-corrected chi connectivity index (χ2v) is 11.9. The Hall–Kier alpha value is -2.34. The van der Waals surface area contributed by atoms with Crippen molar-refractivity contribution in [3.8, 4) is 11.5 Å². The zero-order valence-corrected chi connectivity index (χ0v) is 21.6. The van der Waals surface area contributed by atoms with Crippen LogP contribution in [0.25, 0.3) is 0 Å². The van der Waals surface area contributed by atoms with Gasteiger partial charge >= 0.3 is 13.6 Å². The first-order valence-corrected chi connectivity index (χ1v) is 12.6. The summed E-state index contributed by atoms with van der Waals surface area (Å²) in [6, 6.07) is 14.4. The van der Waals surface area contributed by atoms with Gasteiger partial charge in [0.25, 0.3) is 0 Å². The van der Waals surface area contributed by atoms with Gasteiger partial charge in [0.1, 0.15) is 0 Å². The first-order valence-electron chi connectivity index (χ1n) is 11.0. The molecule has 0 aliphatic heterocycles. The number of rotatable bonds is 9. The number of ether oxygens (including phenoxy) is 1. The van der Waals surface area contributed by atoms with E-state index >= 15 is 0 Å². The monoisotopic (exact) mass is 478 g/mol. The zero-order valence-electron chi connectivity index (χ0n) is 20.7. The maximum absolute atomic E-state index is 13.7. The van der Waals surface area contributed by atoms with E-state index in [0.717, 1.165) is 11.1 Å². The van der Waals surface area contributed by atoms with Crippen LogP contribution in [0.15, 0.2) is 48.5 Å². The Morgan fingerprint density at radius 1 is 0.818 bits per heavy atom. The van der Waals surface area contributed by atoms with Crippen LogP contribution in [0.4, 0.5) is 0 Å². The predicted molar refractivity (Wildman–Crippen MR) is 127 cm³/mol. The summed E-state index contributed by atoms with van der Waals surface area (Å²) in [5.74, 6) is -0.0267. The smallest absolute Gasteiger partial charge is 0.419 e. The van der Waals surface area contributed by atoms with Crippen LogP contribution in [0.3, 0.4) is 0 Å². The number of carbonyl (C=O) groups excluding carboxylic acids is 1. The number of hydrogen-bond acceptors (Lipinski definition) is 7. The second-order valence-electron chi connectivity index (χ2n) is 9.78. The van der Waals surface area contributed by atoms with Crippen LogP contribution in [0.5, 0.6) is 11.5 Å². The summed E-state index contributed by atoms with van der Waals surface area (Å²) in [5.41, 5.74) is -0.154. The molecule has 0 radical (unpaired) electrons. The fourth-order valence-corrected chi connectivity index (χ4v) is 4.02. The summed E-state index contributed by atoms with van der Waals surface area (Å²) >= 11 is 0. The number of hydrogen-bond donors (Lipinski definition) is 0. The van der Waals surface area contributed by atoms with Crippen molar-refractivity contribution in [3.63, 3.8) is 0 Å². The first kappa shape index (κ1) is 26.9. The summed E-state index contributed by atoms with van der Waals surface area (Å²) in [4.78, 5) is 23.4. The minimum absolute atomic E-state index is 0.116. The molecule has 7 nitrogen and oxygen atoms in total. The van der Waals surface area contributed by atoms with Gasteiger partial charge in [-0.1, -0.05) is 87.3 Å². The Morgan fingerprint density at radius 2 is 1.21 bits per heavy atom. The van der Waals surface area contributed by atoms with E-state index in [1.807, 2.05) is 65.8 Å². The lowest BCUT2D eigenvalue weighted by molar-refractivity contribution is -0.176. The van der Waals surface area contributed by atoms with E-state index in [9.17, 15) is 9.36 Å². The molecule has 1 unspecified atom stereocenters. The molecule has 0 aliphatic rings. The lowest BCUT2D eigenvalue weighted by Crippen LogP contribution is -2.24. The van der Waals surface area contributed by atoms with Gasteiger partial charge in [-0.25, -0.2) is 0 Å². The van der Waals surface area contributed by atoms with Crippen LogP contribution in [-0.4, -0.2) is 18.2 Å². The van der Waals surface area contributed by atoms with Crippen molar-refractivity contribution < 1.29 is 33.2 Å².